The highest BCUT2D eigenvalue weighted by molar-refractivity contribution is 6.28. The van der Waals surface area contributed by atoms with Crippen LogP contribution in [-0.2, 0) is 14.1 Å². The van der Waals surface area contributed by atoms with Crippen LogP contribution in [0.15, 0.2) is 39.5 Å². The molecule has 2 aromatic heterocycles. The number of hydrogen-bond donors (Lipinski definition) is 1. The maximum Gasteiger partial charge on any atom is 0.328 e. The predicted molar refractivity (Wildman–Crippen MR) is 77.9 cm³/mol. The molecule has 0 aliphatic carbocycles. The standard InChI is InChI=1S/C14H14ClN3O2/c1-17-9-4-3-8(7-10(9)18(2)14(17)19)13(16)11-5-6-12(15)20-11/h3-7,13H,16H2,1-2H3. The minimum absolute atomic E-state index is 0.0632. The molecule has 0 radical (unpaired) electrons. The summed E-state index contributed by atoms with van der Waals surface area (Å²) in [6, 6.07) is 8.67. The third-order valence-corrected chi connectivity index (χ3v) is 3.76. The molecular formula is C14H14ClN3O2. The van der Waals surface area contributed by atoms with Crippen molar-refractivity contribution in [2.75, 3.05) is 0 Å². The van der Waals surface area contributed by atoms with Crippen LogP contribution in [-0.4, -0.2) is 9.13 Å². The van der Waals surface area contributed by atoms with E-state index in [9.17, 15) is 4.79 Å². The Kier molecular flexibility index (Phi) is 2.96. The normalized spacial score (nSPS) is 13.0. The number of aromatic nitrogens is 2. The summed E-state index contributed by atoms with van der Waals surface area (Å²) >= 11 is 5.77. The van der Waals surface area contributed by atoms with E-state index in [1.165, 1.54) is 0 Å². The van der Waals surface area contributed by atoms with Crippen molar-refractivity contribution < 1.29 is 4.42 Å². The summed E-state index contributed by atoms with van der Waals surface area (Å²) in [7, 11) is 3.49. The Hall–Kier alpha value is -1.98. The van der Waals surface area contributed by atoms with E-state index in [0.717, 1.165) is 16.6 Å². The quantitative estimate of drug-likeness (QED) is 0.787. The second-order valence-electron chi connectivity index (χ2n) is 4.77. The zero-order valence-electron chi connectivity index (χ0n) is 11.1. The van der Waals surface area contributed by atoms with Crippen LogP contribution in [0.2, 0.25) is 5.22 Å². The number of hydrogen-bond acceptors (Lipinski definition) is 3. The van der Waals surface area contributed by atoms with Gasteiger partial charge in [-0.3, -0.25) is 9.13 Å². The number of fused-ring (bicyclic) bond motifs is 1. The molecule has 5 nitrogen and oxygen atoms in total. The maximum atomic E-state index is 11.9. The summed E-state index contributed by atoms with van der Waals surface area (Å²) < 4.78 is 8.54. The molecule has 1 atom stereocenters. The zero-order chi connectivity index (χ0) is 14.4. The molecule has 1 unspecified atom stereocenters. The van der Waals surface area contributed by atoms with Gasteiger partial charge in [0.05, 0.1) is 17.1 Å². The first kappa shape index (κ1) is 13.0. The van der Waals surface area contributed by atoms with Crippen LogP contribution in [0.4, 0.5) is 0 Å². The maximum absolute atomic E-state index is 11.9. The van der Waals surface area contributed by atoms with Crippen LogP contribution < -0.4 is 11.4 Å². The smallest absolute Gasteiger partial charge is 0.328 e. The first-order chi connectivity index (χ1) is 9.49. The Bertz CT molecular complexity index is 844. The van der Waals surface area contributed by atoms with Crippen LogP contribution >= 0.6 is 11.6 Å². The van der Waals surface area contributed by atoms with Gasteiger partial charge in [-0.2, -0.15) is 0 Å². The first-order valence-electron chi connectivity index (χ1n) is 6.15. The molecule has 0 saturated heterocycles. The van der Waals surface area contributed by atoms with Gasteiger partial charge in [0.15, 0.2) is 5.22 Å². The summed E-state index contributed by atoms with van der Waals surface area (Å²) in [6.45, 7) is 0. The molecule has 2 heterocycles. The van der Waals surface area contributed by atoms with Crippen molar-refractivity contribution in [1.82, 2.24) is 9.13 Å². The number of benzene rings is 1. The van der Waals surface area contributed by atoms with Crippen LogP contribution in [0.5, 0.6) is 0 Å². The second-order valence-corrected chi connectivity index (χ2v) is 5.14. The molecule has 0 aliphatic rings. The van der Waals surface area contributed by atoms with E-state index >= 15 is 0 Å². The zero-order valence-corrected chi connectivity index (χ0v) is 11.9. The molecule has 0 fully saturated rings. The van der Waals surface area contributed by atoms with Crippen molar-refractivity contribution in [3.05, 3.63) is 57.4 Å². The van der Waals surface area contributed by atoms with Crippen LogP contribution in [0.1, 0.15) is 17.4 Å². The Morgan fingerprint density at radius 2 is 1.85 bits per heavy atom. The van der Waals surface area contributed by atoms with E-state index < -0.39 is 6.04 Å². The summed E-state index contributed by atoms with van der Waals surface area (Å²) in [4.78, 5) is 11.9. The first-order valence-corrected chi connectivity index (χ1v) is 6.53. The Labute approximate surface area is 120 Å². The van der Waals surface area contributed by atoms with E-state index in [1.807, 2.05) is 18.2 Å². The Morgan fingerprint density at radius 1 is 1.15 bits per heavy atom. The van der Waals surface area contributed by atoms with E-state index in [4.69, 9.17) is 21.8 Å². The average molecular weight is 292 g/mol. The van der Waals surface area contributed by atoms with Gasteiger partial charge in [0.25, 0.3) is 0 Å². The minimum Gasteiger partial charge on any atom is -0.448 e. The summed E-state index contributed by atoms with van der Waals surface area (Å²) in [5.74, 6) is 0.593. The second kappa shape index (κ2) is 4.54. The van der Waals surface area contributed by atoms with Gasteiger partial charge in [-0.25, -0.2) is 4.79 Å². The average Bonchev–Trinajstić information content (AvgIpc) is 2.97. The van der Waals surface area contributed by atoms with Crippen LogP contribution in [0.25, 0.3) is 11.0 Å². The number of imidazole rings is 1. The van der Waals surface area contributed by atoms with Crippen molar-refractivity contribution in [3.8, 4) is 0 Å². The van der Waals surface area contributed by atoms with Crippen molar-refractivity contribution in [3.63, 3.8) is 0 Å². The largest absolute Gasteiger partial charge is 0.448 e. The van der Waals surface area contributed by atoms with Gasteiger partial charge in [0, 0.05) is 14.1 Å². The lowest BCUT2D eigenvalue weighted by Crippen LogP contribution is -2.19. The van der Waals surface area contributed by atoms with Gasteiger partial charge < -0.3 is 10.2 Å². The Balaban J connectivity index is 2.14. The number of rotatable bonds is 2. The van der Waals surface area contributed by atoms with Crippen molar-refractivity contribution >= 4 is 22.6 Å². The van der Waals surface area contributed by atoms with Gasteiger partial charge >= 0.3 is 5.69 Å². The highest BCUT2D eigenvalue weighted by Crippen LogP contribution is 2.26. The molecule has 3 rings (SSSR count). The lowest BCUT2D eigenvalue weighted by atomic mass is 10.0. The Morgan fingerprint density at radius 3 is 2.50 bits per heavy atom. The molecule has 3 aromatic rings. The fourth-order valence-electron chi connectivity index (χ4n) is 2.38. The SMILES string of the molecule is Cn1c(=O)n(C)c2cc(C(N)c3ccc(Cl)o3)ccc21. The van der Waals surface area contributed by atoms with Gasteiger partial charge in [-0.1, -0.05) is 6.07 Å². The highest BCUT2D eigenvalue weighted by atomic mass is 35.5. The van der Waals surface area contributed by atoms with Crippen molar-refractivity contribution in [1.29, 1.82) is 0 Å². The van der Waals surface area contributed by atoms with Gasteiger partial charge in [-0.15, -0.1) is 0 Å². The molecule has 0 spiro atoms. The fourth-order valence-corrected chi connectivity index (χ4v) is 2.53. The number of nitrogens with zero attached hydrogens (tertiary/aromatic N) is 2. The molecule has 0 aliphatic heterocycles. The molecule has 2 N–H and O–H groups in total. The molecule has 0 saturated carbocycles. The highest BCUT2D eigenvalue weighted by Gasteiger charge is 2.15. The minimum atomic E-state index is -0.415. The molecule has 1 aromatic carbocycles. The van der Waals surface area contributed by atoms with E-state index in [-0.39, 0.29) is 5.69 Å². The molecule has 104 valence electrons. The number of aryl methyl sites for hydroxylation is 2. The monoisotopic (exact) mass is 291 g/mol. The van der Waals surface area contributed by atoms with Gasteiger partial charge in [0.2, 0.25) is 0 Å². The molecule has 0 amide bonds. The van der Waals surface area contributed by atoms with Crippen LogP contribution in [0, 0.1) is 0 Å². The number of nitrogens with two attached hydrogens (primary N) is 1. The van der Waals surface area contributed by atoms with Gasteiger partial charge in [0.1, 0.15) is 5.76 Å². The lowest BCUT2D eigenvalue weighted by Gasteiger charge is -2.09. The molecule has 0 bridgehead atoms. The molecule has 20 heavy (non-hydrogen) atoms. The predicted octanol–water partition coefficient (Wildman–Crippen LogP) is 2.17. The van der Waals surface area contributed by atoms with Crippen molar-refractivity contribution in [2.45, 2.75) is 6.04 Å². The third kappa shape index (κ3) is 1.87. The number of furan rings is 1. The van der Waals surface area contributed by atoms with E-state index in [2.05, 4.69) is 0 Å². The molecular weight excluding hydrogens is 278 g/mol. The van der Waals surface area contributed by atoms with Gasteiger partial charge in [-0.05, 0) is 41.4 Å². The topological polar surface area (TPSA) is 66.1 Å². The van der Waals surface area contributed by atoms with Crippen LogP contribution in [0.3, 0.4) is 0 Å². The summed E-state index contributed by atoms with van der Waals surface area (Å²) in [5, 5.41) is 0.309. The van der Waals surface area contributed by atoms with E-state index in [0.29, 0.717) is 11.0 Å². The van der Waals surface area contributed by atoms with E-state index in [1.54, 1.807) is 35.4 Å². The third-order valence-electron chi connectivity index (χ3n) is 3.56. The molecule has 6 heteroatoms. The number of halogens is 1. The summed E-state index contributed by atoms with van der Waals surface area (Å²) in [6.07, 6.45) is 0. The fraction of sp³-hybridized carbons (Fsp3) is 0.214. The summed E-state index contributed by atoms with van der Waals surface area (Å²) in [5.41, 5.74) is 8.67. The lowest BCUT2D eigenvalue weighted by molar-refractivity contribution is 0.491. The van der Waals surface area contributed by atoms with Crippen molar-refractivity contribution in [2.24, 2.45) is 19.8 Å².